The van der Waals surface area contributed by atoms with E-state index in [9.17, 15) is 18.0 Å². The predicted octanol–water partition coefficient (Wildman–Crippen LogP) is 4.25. The zero-order chi connectivity index (χ0) is 22.4. The van der Waals surface area contributed by atoms with Gasteiger partial charge in [-0.25, -0.2) is 17.9 Å². The molecule has 0 amide bonds. The number of nitrogens with one attached hydrogen (secondary N) is 1. The summed E-state index contributed by atoms with van der Waals surface area (Å²) < 4.78 is 33.1. The molecule has 160 valence electrons. The topological polar surface area (TPSA) is 89.5 Å². The van der Waals surface area contributed by atoms with Gasteiger partial charge in [-0.05, 0) is 30.7 Å². The molecule has 31 heavy (non-hydrogen) atoms. The van der Waals surface area contributed by atoms with Crippen LogP contribution in [0.4, 0.5) is 0 Å². The molecule has 1 atom stereocenters. The van der Waals surface area contributed by atoms with Gasteiger partial charge in [0.2, 0.25) is 15.8 Å². The Labute approximate surface area is 185 Å². The lowest BCUT2D eigenvalue weighted by Crippen LogP contribution is -2.25. The van der Waals surface area contributed by atoms with E-state index in [4.69, 9.17) is 16.3 Å². The van der Waals surface area contributed by atoms with Crippen molar-refractivity contribution in [2.24, 2.45) is 0 Å². The molecule has 3 aromatic carbocycles. The summed E-state index contributed by atoms with van der Waals surface area (Å²) in [5.74, 6) is -1.19. The number of halogens is 1. The molecule has 3 aromatic rings. The molecule has 0 aromatic heterocycles. The van der Waals surface area contributed by atoms with Crippen molar-refractivity contribution in [3.8, 4) is 0 Å². The van der Waals surface area contributed by atoms with Crippen molar-refractivity contribution < 1.29 is 22.7 Å². The van der Waals surface area contributed by atoms with Crippen LogP contribution in [-0.4, -0.2) is 26.3 Å². The van der Waals surface area contributed by atoms with Gasteiger partial charge in [0, 0.05) is 12.1 Å². The van der Waals surface area contributed by atoms with E-state index in [0.29, 0.717) is 5.56 Å². The second-order valence-electron chi connectivity index (χ2n) is 6.73. The molecule has 8 heteroatoms. The molecule has 0 spiro atoms. The summed E-state index contributed by atoms with van der Waals surface area (Å²) >= 11 is 6.08. The third kappa shape index (κ3) is 5.79. The number of hydrogen-bond donors (Lipinski definition) is 1. The van der Waals surface area contributed by atoms with Gasteiger partial charge in [-0.15, -0.1) is 0 Å². The first-order chi connectivity index (χ1) is 14.8. The summed E-state index contributed by atoms with van der Waals surface area (Å²) in [7, 11) is -3.99. The molecular weight excluding hydrogens is 438 g/mol. The summed E-state index contributed by atoms with van der Waals surface area (Å²) in [6.45, 7) is 1.53. The molecule has 0 saturated heterocycles. The molecule has 1 N–H and O–H groups in total. The number of benzene rings is 3. The van der Waals surface area contributed by atoms with Gasteiger partial charge >= 0.3 is 5.97 Å². The van der Waals surface area contributed by atoms with Gasteiger partial charge in [0.05, 0.1) is 10.6 Å². The first-order valence-corrected chi connectivity index (χ1v) is 11.3. The molecule has 0 heterocycles. The minimum Gasteiger partial charge on any atom is -0.451 e. The van der Waals surface area contributed by atoms with E-state index in [1.807, 2.05) is 6.07 Å². The molecule has 1 unspecified atom stereocenters. The molecule has 0 fully saturated rings. The number of esters is 1. The third-order valence-electron chi connectivity index (χ3n) is 4.48. The summed E-state index contributed by atoms with van der Waals surface area (Å²) in [6.07, 6.45) is -1.04. The number of ether oxygens (including phenoxy) is 1. The van der Waals surface area contributed by atoms with E-state index in [1.165, 1.54) is 19.1 Å². The maximum Gasteiger partial charge on any atom is 0.338 e. The maximum absolute atomic E-state index is 12.7. The quantitative estimate of drug-likeness (QED) is 0.403. The number of carbonyl (C=O) groups is 2. The summed E-state index contributed by atoms with van der Waals surface area (Å²) in [5, 5.41) is -0.0366. The van der Waals surface area contributed by atoms with E-state index in [2.05, 4.69) is 4.72 Å². The number of carbonyl (C=O) groups excluding carboxylic acids is 2. The Morgan fingerprint density at radius 1 is 0.935 bits per heavy atom. The zero-order valence-corrected chi connectivity index (χ0v) is 18.2. The Bertz CT molecular complexity index is 1180. The number of Topliss-reactive ketones (excluding diaryl/α,β-unsaturated/α-hetero) is 1. The van der Waals surface area contributed by atoms with Crippen molar-refractivity contribution in [1.29, 1.82) is 0 Å². The first-order valence-electron chi connectivity index (χ1n) is 9.41. The molecule has 0 saturated carbocycles. The zero-order valence-electron chi connectivity index (χ0n) is 16.6. The normalized spacial score (nSPS) is 12.2. The highest BCUT2D eigenvalue weighted by atomic mass is 35.5. The fraction of sp³-hybridized carbons (Fsp3) is 0.130. The maximum atomic E-state index is 12.7. The standard InChI is InChI=1S/C23H20ClNO5S/c1-16(22(26)18-10-6-3-7-11-18)30-23(27)19-12-13-20(24)21(14-19)31(28,29)25-15-17-8-4-2-5-9-17/h2-14,16,25H,15H2,1H3. The number of ketones is 1. The second-order valence-corrected chi connectivity index (χ2v) is 8.88. The van der Waals surface area contributed by atoms with Crippen LogP contribution in [0.1, 0.15) is 33.2 Å². The monoisotopic (exact) mass is 457 g/mol. The molecule has 0 bridgehead atoms. The van der Waals surface area contributed by atoms with Crippen molar-refractivity contribution in [3.63, 3.8) is 0 Å². The Hall–Kier alpha value is -3.00. The minimum atomic E-state index is -3.99. The van der Waals surface area contributed by atoms with Crippen LogP contribution in [0.2, 0.25) is 5.02 Å². The second kappa shape index (κ2) is 9.87. The fourth-order valence-electron chi connectivity index (χ4n) is 2.81. The van der Waals surface area contributed by atoms with Crippen molar-refractivity contribution in [1.82, 2.24) is 4.72 Å². The van der Waals surface area contributed by atoms with Crippen molar-refractivity contribution in [3.05, 3.63) is 101 Å². The summed E-state index contributed by atoms with van der Waals surface area (Å²) in [5.41, 5.74) is 1.15. The highest BCUT2D eigenvalue weighted by Crippen LogP contribution is 2.24. The molecule has 6 nitrogen and oxygen atoms in total. The van der Waals surface area contributed by atoms with E-state index in [0.717, 1.165) is 11.6 Å². The van der Waals surface area contributed by atoms with Gasteiger partial charge < -0.3 is 4.74 Å². The van der Waals surface area contributed by atoms with Crippen LogP contribution in [0.15, 0.2) is 83.8 Å². The highest BCUT2D eigenvalue weighted by molar-refractivity contribution is 7.89. The smallest absolute Gasteiger partial charge is 0.338 e. The molecular formula is C23H20ClNO5S. The number of sulfonamides is 1. The van der Waals surface area contributed by atoms with Crippen LogP contribution in [0.25, 0.3) is 0 Å². The van der Waals surface area contributed by atoms with Crippen molar-refractivity contribution in [2.75, 3.05) is 0 Å². The van der Waals surface area contributed by atoms with E-state index < -0.39 is 22.1 Å². The first kappa shape index (κ1) is 22.7. The van der Waals surface area contributed by atoms with Crippen LogP contribution in [0, 0.1) is 0 Å². The van der Waals surface area contributed by atoms with Crippen molar-refractivity contribution >= 4 is 33.4 Å². The summed E-state index contributed by atoms with van der Waals surface area (Å²) in [4.78, 5) is 24.7. The largest absolute Gasteiger partial charge is 0.451 e. The van der Waals surface area contributed by atoms with Gasteiger partial charge in [0.25, 0.3) is 0 Å². The Morgan fingerprint density at radius 2 is 1.55 bits per heavy atom. The minimum absolute atomic E-state index is 0.0304. The SMILES string of the molecule is CC(OC(=O)c1ccc(Cl)c(S(=O)(=O)NCc2ccccc2)c1)C(=O)c1ccccc1. The van der Waals surface area contributed by atoms with Gasteiger partial charge in [0.15, 0.2) is 6.10 Å². The van der Waals surface area contributed by atoms with Crippen LogP contribution in [-0.2, 0) is 21.3 Å². The van der Waals surface area contributed by atoms with Gasteiger partial charge in [-0.3, -0.25) is 4.79 Å². The Kier molecular flexibility index (Phi) is 7.22. The van der Waals surface area contributed by atoms with E-state index >= 15 is 0 Å². The van der Waals surface area contributed by atoms with Crippen molar-refractivity contribution in [2.45, 2.75) is 24.5 Å². The van der Waals surface area contributed by atoms with Gasteiger partial charge in [-0.1, -0.05) is 72.3 Å². The van der Waals surface area contributed by atoms with E-state index in [-0.39, 0.29) is 27.8 Å². The van der Waals surface area contributed by atoms with E-state index in [1.54, 1.807) is 54.6 Å². The lowest BCUT2D eigenvalue weighted by atomic mass is 10.1. The van der Waals surface area contributed by atoms with Crippen LogP contribution in [0.5, 0.6) is 0 Å². The Balaban J connectivity index is 1.75. The molecule has 0 aliphatic carbocycles. The molecule has 0 radical (unpaired) electrons. The molecule has 3 rings (SSSR count). The third-order valence-corrected chi connectivity index (χ3v) is 6.36. The lowest BCUT2D eigenvalue weighted by Gasteiger charge is -2.14. The van der Waals surface area contributed by atoms with Gasteiger partial charge in [0.1, 0.15) is 4.90 Å². The molecule has 0 aliphatic heterocycles. The lowest BCUT2D eigenvalue weighted by molar-refractivity contribution is 0.0318. The number of hydrogen-bond acceptors (Lipinski definition) is 5. The van der Waals surface area contributed by atoms with Crippen LogP contribution >= 0.6 is 11.6 Å². The van der Waals surface area contributed by atoms with Crippen LogP contribution in [0.3, 0.4) is 0 Å². The highest BCUT2D eigenvalue weighted by Gasteiger charge is 2.23. The molecule has 0 aliphatic rings. The number of rotatable bonds is 8. The average Bonchev–Trinajstić information content (AvgIpc) is 2.78. The summed E-state index contributed by atoms with van der Waals surface area (Å²) in [6, 6.07) is 21.2. The van der Waals surface area contributed by atoms with Gasteiger partial charge in [-0.2, -0.15) is 0 Å². The Morgan fingerprint density at radius 3 is 2.19 bits per heavy atom. The average molecular weight is 458 g/mol. The van der Waals surface area contributed by atoms with Crippen LogP contribution < -0.4 is 4.72 Å². The predicted molar refractivity (Wildman–Crippen MR) is 118 cm³/mol. The fourth-order valence-corrected chi connectivity index (χ4v) is 4.35.